The van der Waals surface area contributed by atoms with E-state index in [1.54, 1.807) is 30.5 Å². The summed E-state index contributed by atoms with van der Waals surface area (Å²) in [6.07, 6.45) is 5.90. The van der Waals surface area contributed by atoms with E-state index >= 15 is 0 Å². The highest BCUT2D eigenvalue weighted by Crippen LogP contribution is 2.28. The van der Waals surface area contributed by atoms with Gasteiger partial charge in [0, 0.05) is 36.6 Å². The van der Waals surface area contributed by atoms with E-state index in [1.165, 1.54) is 6.33 Å². The number of hydrogen-bond donors (Lipinski definition) is 4. The lowest BCUT2D eigenvalue weighted by molar-refractivity contribution is -0.122. The third kappa shape index (κ3) is 5.19. The van der Waals surface area contributed by atoms with E-state index in [0.29, 0.717) is 66.3 Å². The van der Waals surface area contributed by atoms with E-state index in [4.69, 9.17) is 9.47 Å². The predicted octanol–water partition coefficient (Wildman–Crippen LogP) is 2.51. The van der Waals surface area contributed by atoms with E-state index in [1.807, 2.05) is 0 Å². The number of fused-ring (bicyclic) bond motifs is 1. The molecule has 4 N–H and O–H groups in total. The molecule has 3 aromatic rings. The second-order valence-electron chi connectivity index (χ2n) is 8.99. The molecule has 4 heterocycles. The highest BCUT2D eigenvalue weighted by molar-refractivity contribution is 6.18. The fourth-order valence-electron chi connectivity index (χ4n) is 4.61. The van der Waals surface area contributed by atoms with Crippen LogP contribution in [0, 0.1) is 5.92 Å². The van der Waals surface area contributed by atoms with Gasteiger partial charge in [-0.2, -0.15) is 0 Å². The number of benzene rings is 1. The number of nitrogens with zero attached hydrogens (tertiary/aromatic N) is 2. The Hall–Kier alpha value is -3.34. The molecule has 2 saturated heterocycles. The number of rotatable bonds is 7. The summed E-state index contributed by atoms with van der Waals surface area (Å²) < 4.78 is 11.0. The van der Waals surface area contributed by atoms with Crippen LogP contribution in [0.15, 0.2) is 36.8 Å². The molecule has 2 aromatic heterocycles. The molecule has 0 aliphatic carbocycles. The van der Waals surface area contributed by atoms with Gasteiger partial charge in [-0.05, 0) is 37.8 Å². The monoisotopic (exact) mass is 479 g/mol. The van der Waals surface area contributed by atoms with Crippen molar-refractivity contribution < 1.29 is 24.2 Å². The lowest BCUT2D eigenvalue weighted by atomic mass is 9.99. The van der Waals surface area contributed by atoms with Gasteiger partial charge < -0.3 is 30.2 Å². The van der Waals surface area contributed by atoms with Crippen molar-refractivity contribution in [1.82, 2.24) is 15.0 Å². The van der Waals surface area contributed by atoms with Crippen LogP contribution in [-0.2, 0) is 14.3 Å². The molecule has 2 aliphatic heterocycles. The summed E-state index contributed by atoms with van der Waals surface area (Å²) in [5, 5.41) is 16.2. The lowest BCUT2D eigenvalue weighted by Crippen LogP contribution is -2.36. The van der Waals surface area contributed by atoms with E-state index in [2.05, 4.69) is 25.6 Å². The number of amides is 1. The molecule has 1 aromatic carbocycles. The van der Waals surface area contributed by atoms with Gasteiger partial charge in [0.05, 0.1) is 36.3 Å². The average molecular weight is 480 g/mol. The van der Waals surface area contributed by atoms with E-state index in [0.717, 1.165) is 12.8 Å². The molecule has 184 valence electrons. The topological polar surface area (TPSA) is 138 Å². The number of H-pyrrole nitrogens is 1. The first kappa shape index (κ1) is 23.4. The zero-order valence-electron chi connectivity index (χ0n) is 19.3. The third-order valence-corrected chi connectivity index (χ3v) is 6.61. The summed E-state index contributed by atoms with van der Waals surface area (Å²) in [7, 11) is 0. The Kier molecular flexibility index (Phi) is 7.03. The highest BCUT2D eigenvalue weighted by Gasteiger charge is 2.25. The van der Waals surface area contributed by atoms with Crippen molar-refractivity contribution >= 4 is 34.2 Å². The minimum Gasteiger partial charge on any atom is -0.394 e. The molecule has 35 heavy (non-hydrogen) atoms. The predicted molar refractivity (Wildman–Crippen MR) is 129 cm³/mol. The Bertz CT molecular complexity index is 1200. The summed E-state index contributed by atoms with van der Waals surface area (Å²) in [5.41, 5.74) is 2.04. The van der Waals surface area contributed by atoms with Gasteiger partial charge in [-0.1, -0.05) is 12.1 Å². The van der Waals surface area contributed by atoms with Crippen LogP contribution < -0.4 is 10.6 Å². The van der Waals surface area contributed by atoms with Gasteiger partial charge >= 0.3 is 0 Å². The maximum absolute atomic E-state index is 13.5. The van der Waals surface area contributed by atoms with Crippen LogP contribution in [0.5, 0.6) is 0 Å². The van der Waals surface area contributed by atoms with Crippen LogP contribution in [0.1, 0.15) is 41.6 Å². The van der Waals surface area contributed by atoms with Crippen LogP contribution in [0.4, 0.5) is 11.5 Å². The quantitative estimate of drug-likeness (QED) is 0.379. The second kappa shape index (κ2) is 10.5. The van der Waals surface area contributed by atoms with E-state index < -0.39 is 0 Å². The normalized spacial score (nSPS) is 21.1. The lowest BCUT2D eigenvalue weighted by Gasteiger charge is -2.29. The number of hydrogen-bond acceptors (Lipinski definition) is 8. The zero-order valence-corrected chi connectivity index (χ0v) is 19.3. The Morgan fingerprint density at radius 1 is 1.14 bits per heavy atom. The van der Waals surface area contributed by atoms with Crippen molar-refractivity contribution in [1.29, 1.82) is 0 Å². The molecule has 0 bridgehead atoms. The molecule has 0 radical (unpaired) electrons. The highest BCUT2D eigenvalue weighted by atomic mass is 16.5. The van der Waals surface area contributed by atoms with Crippen molar-refractivity contribution in [2.75, 3.05) is 37.1 Å². The molecule has 5 rings (SSSR count). The van der Waals surface area contributed by atoms with Crippen LogP contribution in [-0.4, -0.2) is 70.3 Å². The largest absolute Gasteiger partial charge is 0.394 e. The number of ether oxygens (including phenoxy) is 2. The van der Waals surface area contributed by atoms with Gasteiger partial charge in [0.1, 0.15) is 17.8 Å². The second-order valence-corrected chi connectivity index (χ2v) is 8.99. The molecule has 10 heteroatoms. The smallest absolute Gasteiger partial charge is 0.227 e. The molecule has 2 aliphatic rings. The van der Waals surface area contributed by atoms with Crippen LogP contribution in [0.25, 0.3) is 11.0 Å². The fraction of sp³-hybridized carbons (Fsp3) is 0.440. The molecular weight excluding hydrogens is 450 g/mol. The number of carbonyl (C=O) groups excluding carboxylic acids is 2. The third-order valence-electron chi connectivity index (χ3n) is 6.61. The first-order valence-corrected chi connectivity index (χ1v) is 12.0. The summed E-state index contributed by atoms with van der Waals surface area (Å²) in [5.74, 6) is 0.220. The molecular formula is C25H29N5O5. The molecule has 2 fully saturated rings. The molecule has 0 spiro atoms. The number of aromatic amines is 1. The Labute approximate surface area is 202 Å². The molecule has 0 saturated carbocycles. The van der Waals surface area contributed by atoms with Gasteiger partial charge in [0.25, 0.3) is 0 Å². The summed E-state index contributed by atoms with van der Waals surface area (Å²) in [4.78, 5) is 37.9. The maximum atomic E-state index is 13.5. The van der Waals surface area contributed by atoms with Crippen molar-refractivity contribution in [2.45, 2.75) is 37.8 Å². The average Bonchev–Trinajstić information content (AvgIpc) is 3.34. The van der Waals surface area contributed by atoms with E-state index in [-0.39, 0.29) is 36.4 Å². The van der Waals surface area contributed by atoms with Crippen molar-refractivity contribution in [3.8, 4) is 0 Å². The number of aromatic nitrogens is 3. The molecule has 0 unspecified atom stereocenters. The number of aliphatic hydroxyl groups is 1. The zero-order chi connectivity index (χ0) is 24.2. The maximum Gasteiger partial charge on any atom is 0.227 e. The molecule has 1 amide bonds. The van der Waals surface area contributed by atoms with Gasteiger partial charge in [-0.15, -0.1) is 0 Å². The molecule has 10 nitrogen and oxygen atoms in total. The van der Waals surface area contributed by atoms with Crippen molar-refractivity contribution in [2.24, 2.45) is 5.92 Å². The summed E-state index contributed by atoms with van der Waals surface area (Å²) >= 11 is 0. The van der Waals surface area contributed by atoms with E-state index in [9.17, 15) is 14.7 Å². The number of aliphatic hydroxyl groups excluding tert-OH is 1. The summed E-state index contributed by atoms with van der Waals surface area (Å²) in [6.45, 7) is 1.63. The van der Waals surface area contributed by atoms with Crippen molar-refractivity contribution in [3.05, 3.63) is 47.9 Å². The minimum atomic E-state index is -0.198. The first-order chi connectivity index (χ1) is 17.1. The van der Waals surface area contributed by atoms with Gasteiger partial charge in [0.15, 0.2) is 5.78 Å². The van der Waals surface area contributed by atoms with Crippen LogP contribution in [0.3, 0.4) is 0 Å². The van der Waals surface area contributed by atoms with Gasteiger partial charge in [0.2, 0.25) is 5.91 Å². The minimum absolute atomic E-state index is 0.00945. The van der Waals surface area contributed by atoms with Crippen LogP contribution in [0.2, 0.25) is 0 Å². The van der Waals surface area contributed by atoms with Crippen molar-refractivity contribution in [3.63, 3.8) is 0 Å². The Morgan fingerprint density at radius 3 is 2.77 bits per heavy atom. The number of ketones is 1. The molecule has 2 atom stereocenters. The van der Waals surface area contributed by atoms with Gasteiger partial charge in [-0.25, -0.2) is 9.97 Å². The van der Waals surface area contributed by atoms with Gasteiger partial charge in [-0.3, -0.25) is 9.59 Å². The Morgan fingerprint density at radius 2 is 2.00 bits per heavy atom. The Balaban J connectivity index is 1.35. The first-order valence-electron chi connectivity index (χ1n) is 12.0. The number of anilines is 2. The summed E-state index contributed by atoms with van der Waals surface area (Å²) in [6, 6.07) is 6.97. The van der Waals surface area contributed by atoms with Crippen LogP contribution >= 0.6 is 0 Å². The fourth-order valence-corrected chi connectivity index (χ4v) is 4.61. The standard InChI is InChI=1S/C25H29N5O5/c31-12-19-5-4-18(13-35-19)29-24-21-20(11-26-23(21)27-14-28-24)22(32)16-2-1-3-17(10-16)30-25(33)15-6-8-34-9-7-15/h1-3,10-11,14-15,18-19,31H,4-9,12-13H2,(H,30,33)(H2,26,27,28,29)/t18-,19+/m1/s1. The number of nitrogens with one attached hydrogen (secondary N) is 3. The number of carbonyl (C=O) groups is 2. The SMILES string of the molecule is O=C(c1cccc(NC(=O)C2CCOCC2)c1)c1c[nH]c2ncnc(N[C@@H]3CC[C@@H](CO)OC3)c12.